The second-order valence-corrected chi connectivity index (χ2v) is 13.2. The van der Waals surface area contributed by atoms with Crippen LogP contribution in [0.4, 0.5) is 0 Å². The number of ether oxygens (including phenoxy) is 1. The maximum atomic E-state index is 12.3. The van der Waals surface area contributed by atoms with Crippen LogP contribution in [0.1, 0.15) is 61.3 Å². The number of nitrogens with one attached hydrogen (secondary N) is 1. The molecular formula is C18H35NO2Si. The van der Waals surface area contributed by atoms with Crippen LogP contribution in [0.3, 0.4) is 0 Å². The molecule has 0 aromatic carbocycles. The first-order chi connectivity index (χ1) is 10.1. The van der Waals surface area contributed by atoms with Crippen molar-refractivity contribution in [2.75, 3.05) is 6.61 Å². The third-order valence-electron chi connectivity index (χ3n) is 6.03. The molecule has 1 saturated heterocycles. The van der Waals surface area contributed by atoms with Gasteiger partial charge in [0.2, 0.25) is 5.91 Å². The highest BCUT2D eigenvalue weighted by atomic mass is 28.3. The minimum absolute atomic E-state index is 0.00447. The molecule has 1 rings (SSSR count). The second-order valence-electron chi connectivity index (χ2n) is 7.81. The van der Waals surface area contributed by atoms with E-state index in [1.54, 1.807) is 0 Å². The van der Waals surface area contributed by atoms with E-state index in [9.17, 15) is 4.79 Å². The highest BCUT2D eigenvalue weighted by Crippen LogP contribution is 2.58. The van der Waals surface area contributed by atoms with Gasteiger partial charge in [-0.3, -0.25) is 4.79 Å². The van der Waals surface area contributed by atoms with Crippen LogP contribution in [0, 0.1) is 5.92 Å². The van der Waals surface area contributed by atoms with Gasteiger partial charge in [0.05, 0.1) is 6.10 Å². The summed E-state index contributed by atoms with van der Waals surface area (Å²) in [5.41, 5.74) is 0.876. The molecule has 1 aliphatic heterocycles. The molecule has 1 aliphatic rings. The molecule has 22 heavy (non-hydrogen) atoms. The Hall–Kier alpha value is -0.613. The molecule has 0 aliphatic carbocycles. The average molecular weight is 326 g/mol. The Balaban J connectivity index is 3.47. The number of hydrogen-bond acceptors (Lipinski definition) is 2. The summed E-state index contributed by atoms with van der Waals surface area (Å²) in [6, 6.07) is 0. The van der Waals surface area contributed by atoms with Crippen LogP contribution in [0.15, 0.2) is 12.7 Å². The lowest BCUT2D eigenvalue weighted by atomic mass is 9.89. The molecule has 1 fully saturated rings. The van der Waals surface area contributed by atoms with Gasteiger partial charge >= 0.3 is 0 Å². The summed E-state index contributed by atoms with van der Waals surface area (Å²) in [5, 5.41) is 0.00447. The summed E-state index contributed by atoms with van der Waals surface area (Å²) in [6.45, 7) is 20.5. The Morgan fingerprint density at radius 1 is 1.27 bits per heavy atom. The first kappa shape index (κ1) is 19.4. The third-order valence-corrected chi connectivity index (χ3v) is 13.0. The van der Waals surface area contributed by atoms with Crippen LogP contribution < -0.4 is 4.98 Å². The Labute approximate surface area is 138 Å². The van der Waals surface area contributed by atoms with E-state index in [0.29, 0.717) is 17.0 Å². The molecule has 0 radical (unpaired) electrons. The van der Waals surface area contributed by atoms with Gasteiger partial charge in [-0.2, -0.15) is 0 Å². The summed E-state index contributed by atoms with van der Waals surface area (Å²) in [5.74, 6) is 0.427. The Kier molecular flexibility index (Phi) is 6.45. The maximum Gasteiger partial charge on any atom is 0.235 e. The Bertz CT molecular complexity index is 392. The predicted octanol–water partition coefficient (Wildman–Crippen LogP) is 4.65. The highest BCUT2D eigenvalue weighted by molar-refractivity contribution is 6.85. The van der Waals surface area contributed by atoms with Crippen molar-refractivity contribution in [3.63, 3.8) is 0 Å². The van der Waals surface area contributed by atoms with Crippen LogP contribution in [0.5, 0.6) is 0 Å². The molecule has 3 nitrogen and oxygen atoms in total. The molecule has 0 aromatic rings. The van der Waals surface area contributed by atoms with E-state index >= 15 is 0 Å². The molecule has 0 aromatic heterocycles. The van der Waals surface area contributed by atoms with Crippen LogP contribution >= 0.6 is 0 Å². The van der Waals surface area contributed by atoms with E-state index in [-0.39, 0.29) is 17.0 Å². The lowest BCUT2D eigenvalue weighted by molar-refractivity contribution is -0.115. The summed E-state index contributed by atoms with van der Waals surface area (Å²) >= 11 is 0. The van der Waals surface area contributed by atoms with E-state index in [0.717, 1.165) is 19.4 Å². The van der Waals surface area contributed by atoms with Crippen molar-refractivity contribution >= 4 is 14.1 Å². The van der Waals surface area contributed by atoms with Gasteiger partial charge in [0.15, 0.2) is 8.24 Å². The van der Waals surface area contributed by atoms with Crippen molar-refractivity contribution in [2.24, 2.45) is 5.92 Å². The molecule has 1 N–H and O–H groups in total. The highest BCUT2D eigenvalue weighted by Gasteiger charge is 2.61. The number of amides is 1. The van der Waals surface area contributed by atoms with E-state index in [4.69, 9.17) is 4.74 Å². The smallest absolute Gasteiger partial charge is 0.235 e. The van der Waals surface area contributed by atoms with Crippen molar-refractivity contribution in [1.82, 2.24) is 4.98 Å². The fourth-order valence-corrected chi connectivity index (χ4v) is 11.6. The summed E-state index contributed by atoms with van der Waals surface area (Å²) in [7, 11) is -2.21. The number of hydrogen-bond donors (Lipinski definition) is 1. The Morgan fingerprint density at radius 3 is 2.14 bits per heavy atom. The van der Waals surface area contributed by atoms with Gasteiger partial charge in [-0.1, -0.05) is 55.0 Å². The average Bonchev–Trinajstić information content (AvgIpc) is 2.96. The SMILES string of the molecule is C=CC(=O)N[Si](C(C)C)(C(C)C)C(C)(C(C)C)C1CCCO1. The van der Waals surface area contributed by atoms with E-state index in [1.165, 1.54) is 6.08 Å². The van der Waals surface area contributed by atoms with Crippen LogP contribution in [0.2, 0.25) is 16.1 Å². The topological polar surface area (TPSA) is 38.3 Å². The van der Waals surface area contributed by atoms with Crippen molar-refractivity contribution in [1.29, 1.82) is 0 Å². The van der Waals surface area contributed by atoms with Gasteiger partial charge in [0.25, 0.3) is 0 Å². The monoisotopic (exact) mass is 325 g/mol. The summed E-state index contributed by atoms with van der Waals surface area (Å²) in [6.07, 6.45) is 3.90. The number of rotatable bonds is 7. The van der Waals surface area contributed by atoms with Crippen molar-refractivity contribution in [2.45, 2.75) is 83.5 Å². The van der Waals surface area contributed by atoms with Gasteiger partial charge in [-0.15, -0.1) is 0 Å². The van der Waals surface area contributed by atoms with E-state index < -0.39 is 8.24 Å². The van der Waals surface area contributed by atoms with E-state index in [2.05, 4.69) is 60.0 Å². The minimum atomic E-state index is -2.21. The molecule has 1 amide bonds. The molecular weight excluding hydrogens is 290 g/mol. The van der Waals surface area contributed by atoms with Gasteiger partial charge in [0.1, 0.15) is 0 Å². The fraction of sp³-hybridized carbons (Fsp3) is 0.833. The second kappa shape index (κ2) is 7.31. The summed E-state index contributed by atoms with van der Waals surface area (Å²) in [4.78, 5) is 15.8. The van der Waals surface area contributed by atoms with Gasteiger partial charge in [0, 0.05) is 11.6 Å². The lowest BCUT2D eigenvalue weighted by Gasteiger charge is -2.56. The lowest BCUT2D eigenvalue weighted by Crippen LogP contribution is -2.68. The first-order valence-electron chi connectivity index (χ1n) is 8.70. The van der Waals surface area contributed by atoms with E-state index in [1.807, 2.05) is 0 Å². The number of carbonyl (C=O) groups is 1. The van der Waals surface area contributed by atoms with Gasteiger partial charge < -0.3 is 9.72 Å². The van der Waals surface area contributed by atoms with Gasteiger partial charge in [-0.25, -0.2) is 0 Å². The first-order valence-corrected chi connectivity index (χ1v) is 10.9. The molecule has 2 atom stereocenters. The third kappa shape index (κ3) is 3.05. The minimum Gasteiger partial charge on any atom is -0.378 e. The quantitative estimate of drug-likeness (QED) is 0.546. The van der Waals surface area contributed by atoms with Crippen molar-refractivity contribution in [3.8, 4) is 0 Å². The predicted molar refractivity (Wildman–Crippen MR) is 96.5 cm³/mol. The molecule has 0 spiro atoms. The zero-order valence-corrected chi connectivity index (χ0v) is 16.5. The fourth-order valence-electron chi connectivity index (χ4n) is 4.76. The van der Waals surface area contributed by atoms with Crippen LogP contribution in [-0.4, -0.2) is 26.9 Å². The van der Waals surface area contributed by atoms with Crippen molar-refractivity contribution in [3.05, 3.63) is 12.7 Å². The van der Waals surface area contributed by atoms with Crippen LogP contribution in [0.25, 0.3) is 0 Å². The van der Waals surface area contributed by atoms with Gasteiger partial charge in [-0.05, 0) is 35.9 Å². The standard InChI is InChI=1S/C18H35NO2Si/c1-9-17(20)19-22(14(4)5,15(6)7)18(8,13(2)3)16-11-10-12-21-16/h9,13-16H,1,10-12H2,2-8H3,(H,19,20). The molecule has 0 saturated carbocycles. The Morgan fingerprint density at radius 2 is 1.82 bits per heavy atom. The summed E-state index contributed by atoms with van der Waals surface area (Å²) < 4.78 is 6.16. The largest absolute Gasteiger partial charge is 0.378 e. The van der Waals surface area contributed by atoms with Crippen LogP contribution in [-0.2, 0) is 9.53 Å². The maximum absolute atomic E-state index is 12.3. The zero-order chi connectivity index (χ0) is 17.1. The molecule has 0 bridgehead atoms. The molecule has 4 heteroatoms. The van der Waals surface area contributed by atoms with Crippen molar-refractivity contribution < 1.29 is 9.53 Å². The molecule has 2 unspecified atom stereocenters. The number of carbonyl (C=O) groups excluding carboxylic acids is 1. The molecule has 128 valence electrons. The molecule has 1 heterocycles. The zero-order valence-electron chi connectivity index (χ0n) is 15.5. The normalized spacial score (nSPS) is 22.2.